The molecule has 32 heavy (non-hydrogen) atoms. The van der Waals surface area contributed by atoms with Crippen molar-refractivity contribution in [2.75, 3.05) is 32.1 Å². The number of anilines is 1. The second-order valence-corrected chi connectivity index (χ2v) is 10.8. The van der Waals surface area contributed by atoms with E-state index in [4.69, 9.17) is 0 Å². The average Bonchev–Trinajstić information content (AvgIpc) is 2.97. The zero-order chi connectivity index (χ0) is 23.7. The lowest BCUT2D eigenvalue weighted by molar-refractivity contribution is -0.134. The molecule has 2 aliphatic rings. The number of sulfonamides is 1. The van der Waals surface area contributed by atoms with Gasteiger partial charge in [-0.15, -0.1) is 0 Å². The maximum atomic E-state index is 13.2. The minimum absolute atomic E-state index is 0.175. The maximum absolute atomic E-state index is 13.2. The molecular weight excluding hydrogens is 432 g/mol. The molecule has 2 heterocycles. The van der Waals surface area contributed by atoms with Crippen molar-refractivity contribution >= 4 is 33.6 Å². The number of nitrogens with one attached hydrogen (secondary N) is 1. The van der Waals surface area contributed by atoms with Crippen LogP contribution in [0.4, 0.5) is 10.5 Å². The Bertz CT molecular complexity index is 1020. The van der Waals surface area contributed by atoms with Crippen LogP contribution < -0.4 is 10.2 Å². The molecule has 9 nitrogen and oxygen atoms in total. The van der Waals surface area contributed by atoms with Crippen LogP contribution in [0, 0.1) is 0 Å². The molecule has 0 aromatic heterocycles. The summed E-state index contributed by atoms with van der Waals surface area (Å²) in [5.74, 6) is -0.703. The summed E-state index contributed by atoms with van der Waals surface area (Å²) in [6, 6.07) is 4.19. The predicted molar refractivity (Wildman–Crippen MR) is 121 cm³/mol. The number of aryl methyl sites for hydroxylation is 1. The van der Waals surface area contributed by atoms with E-state index in [2.05, 4.69) is 5.32 Å². The van der Waals surface area contributed by atoms with E-state index in [1.54, 1.807) is 17.0 Å². The normalized spacial score (nSPS) is 18.2. The number of carbonyl (C=O) groups excluding carboxylic acids is 3. The molecule has 0 spiro atoms. The van der Waals surface area contributed by atoms with Gasteiger partial charge in [-0.2, -0.15) is 0 Å². The second kappa shape index (κ2) is 9.19. The van der Waals surface area contributed by atoms with Crippen molar-refractivity contribution in [3.05, 3.63) is 23.8 Å². The topological polar surface area (TPSA) is 107 Å². The Hall–Kier alpha value is -2.46. The molecule has 0 aliphatic carbocycles. The molecule has 3 rings (SSSR count). The van der Waals surface area contributed by atoms with E-state index < -0.39 is 21.6 Å². The van der Waals surface area contributed by atoms with Crippen LogP contribution in [-0.4, -0.2) is 68.2 Å². The molecule has 0 unspecified atom stereocenters. The molecule has 0 atom stereocenters. The number of urea groups is 1. The van der Waals surface area contributed by atoms with Crippen LogP contribution >= 0.6 is 0 Å². The molecule has 1 N–H and O–H groups in total. The molecule has 176 valence electrons. The number of carbonyl (C=O) groups is 3. The van der Waals surface area contributed by atoms with Crippen molar-refractivity contribution in [3.63, 3.8) is 0 Å². The lowest BCUT2D eigenvalue weighted by Gasteiger charge is -2.31. The van der Waals surface area contributed by atoms with E-state index in [-0.39, 0.29) is 23.3 Å². The van der Waals surface area contributed by atoms with E-state index in [1.807, 2.05) is 13.8 Å². The summed E-state index contributed by atoms with van der Waals surface area (Å²) in [6.07, 6.45) is 3.86. The number of nitrogens with zero attached hydrogens (tertiary/aromatic N) is 3. The molecule has 10 heteroatoms. The molecule has 1 aromatic rings. The third kappa shape index (κ3) is 4.25. The third-order valence-electron chi connectivity index (χ3n) is 6.14. The van der Waals surface area contributed by atoms with Crippen LogP contribution in [0.5, 0.6) is 0 Å². The Morgan fingerprint density at radius 3 is 2.41 bits per heavy atom. The number of imide groups is 1. The van der Waals surface area contributed by atoms with E-state index >= 15 is 0 Å². The third-order valence-corrected chi connectivity index (χ3v) is 7.95. The van der Waals surface area contributed by atoms with Crippen molar-refractivity contribution in [2.24, 2.45) is 0 Å². The molecule has 0 radical (unpaired) electrons. The van der Waals surface area contributed by atoms with Gasteiger partial charge >= 0.3 is 6.03 Å². The van der Waals surface area contributed by atoms with Crippen molar-refractivity contribution in [1.29, 1.82) is 0 Å². The van der Waals surface area contributed by atoms with Gasteiger partial charge in [-0.05, 0) is 49.4 Å². The highest BCUT2D eigenvalue weighted by molar-refractivity contribution is 7.89. The Morgan fingerprint density at radius 2 is 1.81 bits per heavy atom. The van der Waals surface area contributed by atoms with Crippen molar-refractivity contribution in [1.82, 2.24) is 14.5 Å². The number of fused-ring (bicyclic) bond motifs is 1. The number of rotatable bonds is 8. The molecule has 0 bridgehead atoms. The monoisotopic (exact) mass is 464 g/mol. The fourth-order valence-electron chi connectivity index (χ4n) is 4.56. The van der Waals surface area contributed by atoms with Crippen LogP contribution in [0.25, 0.3) is 0 Å². The Balaban J connectivity index is 1.83. The van der Waals surface area contributed by atoms with Gasteiger partial charge in [0.2, 0.25) is 15.9 Å². The van der Waals surface area contributed by atoms with Gasteiger partial charge in [0.05, 0.1) is 4.90 Å². The highest BCUT2D eigenvalue weighted by atomic mass is 32.2. The summed E-state index contributed by atoms with van der Waals surface area (Å²) in [5, 5.41) is 2.83. The highest BCUT2D eigenvalue weighted by Gasteiger charge is 2.50. The first-order chi connectivity index (χ1) is 15.1. The Kier molecular flexibility index (Phi) is 6.94. The van der Waals surface area contributed by atoms with Gasteiger partial charge in [-0.3, -0.25) is 14.5 Å². The summed E-state index contributed by atoms with van der Waals surface area (Å²) < 4.78 is 26.1. The standard InChI is InChI=1S/C22H32N4O5S/c1-5-11-22(12-6-2)20(28)26(21(29)23-22)15-19(27)25-13-7-8-16-14-17(9-10-18(16)25)32(30,31)24(3)4/h9-10,14H,5-8,11-13,15H2,1-4H3,(H,23,29). The molecule has 1 saturated heterocycles. The summed E-state index contributed by atoms with van der Waals surface area (Å²) >= 11 is 0. The minimum atomic E-state index is -3.58. The van der Waals surface area contributed by atoms with Crippen LogP contribution in [0.1, 0.15) is 51.5 Å². The van der Waals surface area contributed by atoms with Gasteiger partial charge < -0.3 is 10.2 Å². The van der Waals surface area contributed by atoms with Gasteiger partial charge in [0.1, 0.15) is 12.1 Å². The molecule has 1 aromatic carbocycles. The molecule has 0 saturated carbocycles. The number of amides is 4. The van der Waals surface area contributed by atoms with Crippen LogP contribution in [0.3, 0.4) is 0 Å². The quantitative estimate of drug-likeness (QED) is 0.593. The first kappa shape index (κ1) is 24.2. The maximum Gasteiger partial charge on any atom is 0.325 e. The number of hydrogen-bond acceptors (Lipinski definition) is 5. The number of benzene rings is 1. The second-order valence-electron chi connectivity index (χ2n) is 8.63. The van der Waals surface area contributed by atoms with Crippen LogP contribution in [-0.2, 0) is 26.0 Å². The highest BCUT2D eigenvalue weighted by Crippen LogP contribution is 2.32. The largest absolute Gasteiger partial charge is 0.325 e. The Labute approximate surface area is 189 Å². The zero-order valence-corrected chi connectivity index (χ0v) is 20.0. The first-order valence-corrected chi connectivity index (χ1v) is 12.5. The zero-order valence-electron chi connectivity index (χ0n) is 19.2. The van der Waals surface area contributed by atoms with Crippen molar-refractivity contribution in [3.8, 4) is 0 Å². The van der Waals surface area contributed by atoms with Gasteiger partial charge in [0.25, 0.3) is 5.91 Å². The van der Waals surface area contributed by atoms with E-state index in [9.17, 15) is 22.8 Å². The van der Waals surface area contributed by atoms with Gasteiger partial charge in [-0.25, -0.2) is 17.5 Å². The van der Waals surface area contributed by atoms with Crippen LogP contribution in [0.15, 0.2) is 23.1 Å². The Morgan fingerprint density at radius 1 is 1.16 bits per heavy atom. The summed E-state index contributed by atoms with van der Waals surface area (Å²) in [4.78, 5) is 41.6. The number of hydrogen-bond donors (Lipinski definition) is 1. The molecule has 4 amide bonds. The molecule has 1 fully saturated rings. The minimum Gasteiger partial charge on any atom is -0.323 e. The van der Waals surface area contributed by atoms with Gasteiger partial charge in [0.15, 0.2) is 0 Å². The summed E-state index contributed by atoms with van der Waals surface area (Å²) in [6.45, 7) is 4.03. The predicted octanol–water partition coefficient (Wildman–Crippen LogP) is 2.11. The van der Waals surface area contributed by atoms with E-state index in [1.165, 1.54) is 20.2 Å². The summed E-state index contributed by atoms with van der Waals surface area (Å²) in [7, 11) is -0.637. The van der Waals surface area contributed by atoms with Crippen molar-refractivity contribution < 1.29 is 22.8 Å². The van der Waals surface area contributed by atoms with Crippen molar-refractivity contribution in [2.45, 2.75) is 62.8 Å². The smallest absolute Gasteiger partial charge is 0.323 e. The SMILES string of the molecule is CCCC1(CCC)NC(=O)N(CC(=O)N2CCCc3cc(S(=O)(=O)N(C)C)ccc32)C1=O. The fourth-order valence-corrected chi connectivity index (χ4v) is 5.51. The first-order valence-electron chi connectivity index (χ1n) is 11.1. The summed E-state index contributed by atoms with van der Waals surface area (Å²) in [5.41, 5.74) is 0.450. The lowest BCUT2D eigenvalue weighted by atomic mass is 9.88. The van der Waals surface area contributed by atoms with E-state index in [0.29, 0.717) is 37.9 Å². The fraction of sp³-hybridized carbons (Fsp3) is 0.591. The van der Waals surface area contributed by atoms with E-state index in [0.717, 1.165) is 27.6 Å². The molecule has 2 aliphatic heterocycles. The van der Waals surface area contributed by atoms with Gasteiger partial charge in [0, 0.05) is 26.3 Å². The average molecular weight is 465 g/mol. The molecular formula is C22H32N4O5S. The van der Waals surface area contributed by atoms with Crippen LogP contribution in [0.2, 0.25) is 0 Å². The lowest BCUT2D eigenvalue weighted by Crippen LogP contribution is -2.48. The van der Waals surface area contributed by atoms with Gasteiger partial charge in [-0.1, -0.05) is 26.7 Å².